The van der Waals surface area contributed by atoms with Gasteiger partial charge < -0.3 is 18.5 Å². The van der Waals surface area contributed by atoms with Crippen molar-refractivity contribution in [3.05, 3.63) is 60.4 Å². The molecule has 0 unspecified atom stereocenters. The fourth-order valence-electron chi connectivity index (χ4n) is 6.30. The van der Waals surface area contributed by atoms with Gasteiger partial charge in [-0.15, -0.1) is 0 Å². The topological polar surface area (TPSA) is 84.0 Å². The molecular formula is C34H50NO6P. The van der Waals surface area contributed by atoms with Crippen LogP contribution in [-0.4, -0.2) is 29.8 Å². The van der Waals surface area contributed by atoms with Crippen molar-refractivity contribution in [2.75, 3.05) is 6.61 Å². The monoisotopic (exact) mass is 599 g/mol. The van der Waals surface area contributed by atoms with E-state index in [1.54, 1.807) is 36.7 Å². The molecule has 232 valence electrons. The van der Waals surface area contributed by atoms with Gasteiger partial charge in [0.15, 0.2) is 6.61 Å². The van der Waals surface area contributed by atoms with Gasteiger partial charge in [0.25, 0.3) is 0 Å². The molecule has 7 atom stereocenters. The van der Waals surface area contributed by atoms with Crippen molar-refractivity contribution < 1.29 is 27.9 Å². The van der Waals surface area contributed by atoms with Crippen LogP contribution in [0.4, 0.5) is 0 Å². The Morgan fingerprint density at radius 1 is 0.857 bits per heavy atom. The van der Waals surface area contributed by atoms with E-state index in [1.165, 1.54) is 0 Å². The lowest BCUT2D eigenvalue weighted by atomic mass is 9.76. The number of para-hydroxylation sites is 1. The summed E-state index contributed by atoms with van der Waals surface area (Å²) in [4.78, 5) is 17.5. The fourth-order valence-corrected chi connectivity index (χ4v) is 8.67. The second-order valence-electron chi connectivity index (χ2n) is 13.1. The first-order valence-corrected chi connectivity index (χ1v) is 17.4. The van der Waals surface area contributed by atoms with Crippen LogP contribution >= 0.6 is 7.60 Å². The van der Waals surface area contributed by atoms with E-state index in [9.17, 15) is 4.79 Å². The van der Waals surface area contributed by atoms with Crippen LogP contribution in [0.15, 0.2) is 54.9 Å². The van der Waals surface area contributed by atoms with Gasteiger partial charge in [0.2, 0.25) is 5.85 Å². The molecule has 1 aromatic carbocycles. The molecule has 0 spiro atoms. The van der Waals surface area contributed by atoms with Crippen molar-refractivity contribution in [1.82, 2.24) is 4.98 Å². The highest BCUT2D eigenvalue weighted by Crippen LogP contribution is 2.65. The third-order valence-electron chi connectivity index (χ3n) is 9.38. The molecule has 0 amide bonds. The third-order valence-corrected chi connectivity index (χ3v) is 11.5. The first-order valence-electron chi connectivity index (χ1n) is 15.8. The maximum absolute atomic E-state index is 15.3. The Balaban J connectivity index is 1.66. The first-order chi connectivity index (χ1) is 20.1. The minimum atomic E-state index is -4.06. The Bertz CT molecular complexity index is 1120. The van der Waals surface area contributed by atoms with Crippen LogP contribution in [0.1, 0.15) is 91.5 Å². The van der Waals surface area contributed by atoms with Crippen molar-refractivity contribution in [3.63, 3.8) is 0 Å². The fraction of sp³-hybridized carbons (Fsp3) is 0.647. The van der Waals surface area contributed by atoms with Crippen LogP contribution in [-0.2, 0) is 23.1 Å². The maximum Gasteiger partial charge on any atom is 0.376 e. The average molecular weight is 600 g/mol. The van der Waals surface area contributed by atoms with Gasteiger partial charge in [-0.3, -0.25) is 9.55 Å². The number of hydrogen-bond acceptors (Lipinski definition) is 7. The normalized spacial score (nSPS) is 27.5. The molecule has 2 aromatic rings. The van der Waals surface area contributed by atoms with Crippen LogP contribution < -0.4 is 4.74 Å². The highest BCUT2D eigenvalue weighted by molar-refractivity contribution is 7.54. The number of hydrogen-bond donors (Lipinski definition) is 0. The number of aromatic nitrogens is 1. The van der Waals surface area contributed by atoms with Crippen molar-refractivity contribution in [1.29, 1.82) is 0 Å². The van der Waals surface area contributed by atoms with Gasteiger partial charge in [0.05, 0.1) is 12.2 Å². The summed E-state index contributed by atoms with van der Waals surface area (Å²) in [6, 6.07) is 12.6. The lowest BCUT2D eigenvalue weighted by Crippen LogP contribution is -2.35. The molecule has 2 fully saturated rings. The molecule has 4 rings (SSSR count). The Hall–Kier alpha value is -2.21. The summed E-state index contributed by atoms with van der Waals surface area (Å²) in [5, 5.41) is 0. The zero-order valence-corrected chi connectivity index (χ0v) is 27.1. The van der Waals surface area contributed by atoms with Gasteiger partial charge in [0.1, 0.15) is 5.75 Å². The van der Waals surface area contributed by atoms with Crippen LogP contribution in [0.25, 0.3) is 0 Å². The van der Waals surface area contributed by atoms with E-state index in [0.717, 1.165) is 38.5 Å². The van der Waals surface area contributed by atoms with Crippen LogP contribution in [0.2, 0.25) is 0 Å². The molecule has 1 heterocycles. The summed E-state index contributed by atoms with van der Waals surface area (Å²) in [7, 11) is -4.06. The van der Waals surface area contributed by atoms with E-state index < -0.39 is 19.4 Å². The summed E-state index contributed by atoms with van der Waals surface area (Å²) in [6.45, 7) is 12.9. The number of pyridine rings is 1. The van der Waals surface area contributed by atoms with E-state index in [1.807, 2.05) is 18.2 Å². The Kier molecular flexibility index (Phi) is 11.7. The second kappa shape index (κ2) is 15.0. The average Bonchev–Trinajstić information content (AvgIpc) is 2.98. The SMILES string of the molecule is CC(C)[C@@H]1CC[C@H](C)[C@H](OP(=O)(O[C@@H]2C[C@H](C(C)C)CC[C@@H]2C)[C@@H](OC(=O)COc2ccccc2)c2cccnc2)C1. The second-order valence-corrected chi connectivity index (χ2v) is 15.1. The third kappa shape index (κ3) is 8.67. The van der Waals surface area contributed by atoms with E-state index in [2.05, 4.69) is 46.5 Å². The zero-order chi connectivity index (χ0) is 30.3. The number of esters is 1. The standard InChI is InChI=1S/C34H50NO6P/c1-23(2)27-16-14-25(5)31(19-27)40-42(37,41-32-20-28(24(3)4)17-15-26(32)6)34(29-11-10-18-35-21-29)39-33(36)22-38-30-12-8-7-9-13-30/h7-13,18,21,23-28,31-32,34H,14-17,19-20,22H2,1-6H3/t25-,26-,27+,28+,31+,32+,34+/m0/s1. The molecule has 0 saturated heterocycles. The van der Waals surface area contributed by atoms with Crippen LogP contribution in [0.5, 0.6) is 5.75 Å². The Morgan fingerprint density at radius 3 is 1.93 bits per heavy atom. The zero-order valence-electron chi connectivity index (χ0n) is 26.2. The summed E-state index contributed by atoms with van der Waals surface area (Å²) in [5.41, 5.74) is 0.488. The molecule has 8 heteroatoms. The van der Waals surface area contributed by atoms with E-state index in [4.69, 9.17) is 18.5 Å². The van der Waals surface area contributed by atoms with Crippen molar-refractivity contribution in [2.45, 2.75) is 98.1 Å². The molecule has 0 radical (unpaired) electrons. The van der Waals surface area contributed by atoms with Gasteiger partial charge >= 0.3 is 13.6 Å². The smallest absolute Gasteiger partial charge is 0.376 e. The Morgan fingerprint density at radius 2 is 1.43 bits per heavy atom. The predicted molar refractivity (Wildman–Crippen MR) is 165 cm³/mol. The molecule has 42 heavy (non-hydrogen) atoms. The van der Waals surface area contributed by atoms with E-state index in [0.29, 0.717) is 35.0 Å². The maximum atomic E-state index is 15.3. The minimum absolute atomic E-state index is 0.204. The number of carbonyl (C=O) groups is 1. The Labute approximate surface area is 252 Å². The summed E-state index contributed by atoms with van der Waals surface area (Å²) < 4.78 is 40.4. The van der Waals surface area contributed by atoms with E-state index in [-0.39, 0.29) is 30.7 Å². The molecule has 0 bridgehead atoms. The highest BCUT2D eigenvalue weighted by atomic mass is 31.2. The molecule has 0 aliphatic heterocycles. The van der Waals surface area contributed by atoms with Gasteiger partial charge in [-0.25, -0.2) is 4.79 Å². The number of benzene rings is 1. The van der Waals surface area contributed by atoms with Crippen molar-refractivity contribution >= 4 is 13.6 Å². The molecular weight excluding hydrogens is 549 g/mol. The lowest BCUT2D eigenvalue weighted by Gasteiger charge is -2.42. The highest BCUT2D eigenvalue weighted by Gasteiger charge is 2.48. The molecule has 1 aromatic heterocycles. The van der Waals surface area contributed by atoms with Gasteiger partial charge in [-0.05, 0) is 92.2 Å². The summed E-state index contributed by atoms with van der Waals surface area (Å²) in [5.74, 6) is 0.993. The molecule has 7 nitrogen and oxygen atoms in total. The number of nitrogens with zero attached hydrogens (tertiary/aromatic N) is 1. The number of carbonyl (C=O) groups excluding carboxylic acids is 1. The molecule has 2 aliphatic carbocycles. The molecule has 2 saturated carbocycles. The minimum Gasteiger partial charge on any atom is -0.482 e. The first kappa shape index (κ1) is 32.7. The predicted octanol–water partition coefficient (Wildman–Crippen LogP) is 8.85. The summed E-state index contributed by atoms with van der Waals surface area (Å²) in [6.07, 6.45) is 8.51. The van der Waals surface area contributed by atoms with Gasteiger partial charge in [-0.1, -0.05) is 65.8 Å². The quantitative estimate of drug-likeness (QED) is 0.178. The van der Waals surface area contributed by atoms with E-state index >= 15 is 4.57 Å². The van der Waals surface area contributed by atoms with Crippen molar-refractivity contribution in [2.24, 2.45) is 35.5 Å². The van der Waals surface area contributed by atoms with Crippen LogP contribution in [0, 0.1) is 35.5 Å². The largest absolute Gasteiger partial charge is 0.482 e. The number of ether oxygens (including phenoxy) is 2. The lowest BCUT2D eigenvalue weighted by molar-refractivity contribution is -0.149. The van der Waals surface area contributed by atoms with Crippen LogP contribution in [0.3, 0.4) is 0 Å². The molecule has 0 N–H and O–H groups in total. The van der Waals surface area contributed by atoms with Crippen molar-refractivity contribution in [3.8, 4) is 5.75 Å². The molecule has 2 aliphatic rings. The van der Waals surface area contributed by atoms with Gasteiger partial charge in [0, 0.05) is 18.0 Å². The van der Waals surface area contributed by atoms with Gasteiger partial charge in [-0.2, -0.15) is 0 Å². The summed E-state index contributed by atoms with van der Waals surface area (Å²) >= 11 is 0. The number of rotatable bonds is 12.